The highest BCUT2D eigenvalue weighted by Gasteiger charge is 2.26. The van der Waals surface area contributed by atoms with Crippen LogP contribution in [0.4, 0.5) is 20.8 Å². The number of amides is 1. The summed E-state index contributed by atoms with van der Waals surface area (Å²) < 4.78 is 21.6. The molecule has 3 aromatic heterocycles. The number of morpholine rings is 1. The predicted molar refractivity (Wildman–Crippen MR) is 128 cm³/mol. The van der Waals surface area contributed by atoms with Crippen molar-refractivity contribution >= 4 is 23.4 Å². The SMILES string of the molecule is CCN(c1cc(NC2CCCN(C(=O)O)C2)nc(-c2cnc3ccc(F)cn23)n1)C1CNCCO1. The number of likely N-dealkylation sites (tertiary alicyclic amines) is 1. The van der Waals surface area contributed by atoms with Crippen LogP contribution in [0.3, 0.4) is 0 Å². The molecule has 2 aliphatic rings. The molecular weight excluding hydrogens is 455 g/mol. The Bertz CT molecular complexity index is 1200. The number of fused-ring (bicyclic) bond motifs is 1. The number of hydrogen-bond donors (Lipinski definition) is 3. The Morgan fingerprint density at radius 3 is 3.06 bits per heavy atom. The van der Waals surface area contributed by atoms with Gasteiger partial charge in [-0.1, -0.05) is 0 Å². The third-order valence-electron chi connectivity index (χ3n) is 6.35. The van der Waals surface area contributed by atoms with Gasteiger partial charge in [-0.05, 0) is 31.9 Å². The number of pyridine rings is 1. The Morgan fingerprint density at radius 1 is 1.40 bits per heavy atom. The molecule has 2 aliphatic heterocycles. The van der Waals surface area contributed by atoms with E-state index >= 15 is 0 Å². The van der Waals surface area contributed by atoms with E-state index in [1.165, 1.54) is 17.2 Å². The van der Waals surface area contributed by atoms with E-state index in [0.717, 1.165) is 19.4 Å². The van der Waals surface area contributed by atoms with Crippen LogP contribution in [0.25, 0.3) is 17.2 Å². The summed E-state index contributed by atoms with van der Waals surface area (Å²) >= 11 is 0. The molecule has 2 atom stereocenters. The van der Waals surface area contributed by atoms with Gasteiger partial charge in [-0.3, -0.25) is 4.40 Å². The minimum absolute atomic E-state index is 0.0854. The van der Waals surface area contributed by atoms with Crippen molar-refractivity contribution in [2.24, 2.45) is 0 Å². The van der Waals surface area contributed by atoms with Gasteiger partial charge in [0.1, 0.15) is 35.0 Å². The first kappa shape index (κ1) is 23.2. The van der Waals surface area contributed by atoms with Crippen LogP contribution in [-0.2, 0) is 4.74 Å². The smallest absolute Gasteiger partial charge is 0.407 e. The van der Waals surface area contributed by atoms with Crippen molar-refractivity contribution in [1.82, 2.24) is 29.6 Å². The van der Waals surface area contributed by atoms with Crippen LogP contribution in [-0.4, -0.2) is 87.1 Å². The van der Waals surface area contributed by atoms with Gasteiger partial charge in [-0.25, -0.2) is 24.1 Å². The molecule has 35 heavy (non-hydrogen) atoms. The van der Waals surface area contributed by atoms with Gasteiger partial charge in [-0.15, -0.1) is 0 Å². The molecule has 2 saturated heterocycles. The van der Waals surface area contributed by atoms with Gasteiger partial charge < -0.3 is 30.3 Å². The normalized spacial score (nSPS) is 20.7. The Balaban J connectivity index is 1.53. The summed E-state index contributed by atoms with van der Waals surface area (Å²) in [6.45, 7) is 5.64. The van der Waals surface area contributed by atoms with Crippen molar-refractivity contribution in [2.75, 3.05) is 49.5 Å². The Morgan fingerprint density at radius 2 is 2.29 bits per heavy atom. The summed E-state index contributed by atoms with van der Waals surface area (Å²) in [6.07, 6.45) is 3.46. The molecule has 2 fully saturated rings. The first-order chi connectivity index (χ1) is 17.0. The fourth-order valence-corrected chi connectivity index (χ4v) is 4.63. The molecule has 12 heteroatoms. The zero-order valence-corrected chi connectivity index (χ0v) is 19.5. The van der Waals surface area contributed by atoms with Gasteiger partial charge >= 0.3 is 6.09 Å². The van der Waals surface area contributed by atoms with Crippen LogP contribution in [0.2, 0.25) is 0 Å². The molecule has 0 spiro atoms. The third-order valence-corrected chi connectivity index (χ3v) is 6.35. The molecule has 1 amide bonds. The summed E-state index contributed by atoms with van der Waals surface area (Å²) in [7, 11) is 0. The topological polar surface area (TPSA) is 120 Å². The van der Waals surface area contributed by atoms with Crippen molar-refractivity contribution in [3.8, 4) is 11.5 Å². The molecular formula is C23H29FN8O3. The van der Waals surface area contributed by atoms with Gasteiger partial charge in [0.2, 0.25) is 0 Å². The van der Waals surface area contributed by atoms with Crippen LogP contribution in [0.15, 0.2) is 30.6 Å². The van der Waals surface area contributed by atoms with E-state index < -0.39 is 6.09 Å². The van der Waals surface area contributed by atoms with Crippen molar-refractivity contribution in [2.45, 2.75) is 32.0 Å². The fraction of sp³-hybridized carbons (Fsp3) is 0.478. The van der Waals surface area contributed by atoms with Crippen LogP contribution in [0, 0.1) is 5.82 Å². The lowest BCUT2D eigenvalue weighted by molar-refractivity contribution is 0.0268. The zero-order valence-electron chi connectivity index (χ0n) is 19.5. The minimum atomic E-state index is -0.924. The number of aromatic nitrogens is 4. The number of piperidine rings is 1. The van der Waals surface area contributed by atoms with Crippen molar-refractivity contribution < 1.29 is 19.0 Å². The third kappa shape index (κ3) is 4.98. The standard InChI is InChI=1S/C23H29FN8O3/c1-2-31(21-12-25-7-9-35-21)20-10-18(27-16-4-3-8-30(14-16)23(33)34)28-22(29-20)17-11-26-19-6-5-15(24)13-32(17)19/h5-6,10-11,13,16,21,25H,2-4,7-9,12,14H2,1H3,(H,33,34)(H,27,28,29). The number of ether oxygens (including phenoxy) is 1. The molecule has 11 nitrogen and oxygen atoms in total. The molecule has 3 N–H and O–H groups in total. The van der Waals surface area contributed by atoms with E-state index in [9.17, 15) is 14.3 Å². The Labute approximate surface area is 201 Å². The largest absolute Gasteiger partial charge is 0.465 e. The molecule has 5 rings (SSSR count). The second kappa shape index (κ2) is 10.0. The van der Waals surface area contributed by atoms with Crippen molar-refractivity contribution in [3.05, 3.63) is 36.4 Å². The number of nitrogens with one attached hydrogen (secondary N) is 2. The van der Waals surface area contributed by atoms with Crippen molar-refractivity contribution in [1.29, 1.82) is 0 Å². The Kier molecular flexibility index (Phi) is 6.64. The summed E-state index contributed by atoms with van der Waals surface area (Å²) in [4.78, 5) is 28.9. The number of likely N-dealkylation sites (N-methyl/N-ethyl adjacent to an activating group) is 1. The van der Waals surface area contributed by atoms with E-state index in [0.29, 0.717) is 61.6 Å². The summed E-state index contributed by atoms with van der Waals surface area (Å²) in [6, 6.07) is 4.73. The maximum Gasteiger partial charge on any atom is 0.407 e. The van der Waals surface area contributed by atoms with Gasteiger partial charge in [-0.2, -0.15) is 0 Å². The highest BCUT2D eigenvalue weighted by atomic mass is 19.1. The number of halogens is 1. The first-order valence-electron chi connectivity index (χ1n) is 11.9. The molecule has 2 unspecified atom stereocenters. The average Bonchev–Trinajstić information content (AvgIpc) is 3.28. The lowest BCUT2D eigenvalue weighted by Gasteiger charge is -2.35. The van der Waals surface area contributed by atoms with Crippen LogP contribution >= 0.6 is 0 Å². The number of hydrogen-bond acceptors (Lipinski definition) is 8. The summed E-state index contributed by atoms with van der Waals surface area (Å²) in [5, 5.41) is 16.2. The number of carboxylic acid groups (broad SMARTS) is 1. The quantitative estimate of drug-likeness (QED) is 0.484. The first-order valence-corrected chi connectivity index (χ1v) is 11.9. The minimum Gasteiger partial charge on any atom is -0.465 e. The van der Waals surface area contributed by atoms with Gasteiger partial charge in [0.25, 0.3) is 0 Å². The van der Waals surface area contributed by atoms with Gasteiger partial charge in [0, 0.05) is 51.0 Å². The lowest BCUT2D eigenvalue weighted by atomic mass is 10.1. The van der Waals surface area contributed by atoms with Crippen molar-refractivity contribution in [3.63, 3.8) is 0 Å². The second-order valence-corrected chi connectivity index (χ2v) is 8.68. The summed E-state index contributed by atoms with van der Waals surface area (Å²) in [5.74, 6) is 1.22. The van der Waals surface area contributed by atoms with E-state index in [-0.39, 0.29) is 18.1 Å². The van der Waals surface area contributed by atoms with E-state index in [1.54, 1.807) is 16.7 Å². The fourth-order valence-electron chi connectivity index (χ4n) is 4.63. The highest BCUT2D eigenvalue weighted by Crippen LogP contribution is 2.26. The summed E-state index contributed by atoms with van der Waals surface area (Å²) in [5.41, 5.74) is 1.14. The number of nitrogens with zero attached hydrogens (tertiary/aromatic N) is 6. The van der Waals surface area contributed by atoms with Crippen LogP contribution < -0.4 is 15.5 Å². The molecule has 0 aromatic carbocycles. The van der Waals surface area contributed by atoms with Crippen LogP contribution in [0.5, 0.6) is 0 Å². The van der Waals surface area contributed by atoms with Gasteiger partial charge in [0.05, 0.1) is 12.8 Å². The lowest BCUT2D eigenvalue weighted by Crippen LogP contribution is -2.49. The second-order valence-electron chi connectivity index (χ2n) is 8.68. The van der Waals surface area contributed by atoms with E-state index in [4.69, 9.17) is 14.7 Å². The average molecular weight is 485 g/mol. The monoisotopic (exact) mass is 484 g/mol. The van der Waals surface area contributed by atoms with Gasteiger partial charge in [0.15, 0.2) is 5.82 Å². The molecule has 3 aromatic rings. The number of carbonyl (C=O) groups is 1. The molecule has 0 radical (unpaired) electrons. The molecule has 0 aliphatic carbocycles. The number of imidazole rings is 1. The Hall–Kier alpha value is -3.51. The molecule has 0 bridgehead atoms. The highest BCUT2D eigenvalue weighted by molar-refractivity contribution is 5.65. The molecule has 5 heterocycles. The predicted octanol–water partition coefficient (Wildman–Crippen LogP) is 2.26. The molecule has 0 saturated carbocycles. The maximum absolute atomic E-state index is 14.0. The van der Waals surface area contributed by atoms with E-state index in [1.807, 2.05) is 13.0 Å². The number of rotatable bonds is 6. The maximum atomic E-state index is 14.0. The zero-order chi connectivity index (χ0) is 24.4. The molecule has 186 valence electrons. The van der Waals surface area contributed by atoms with Crippen LogP contribution in [0.1, 0.15) is 19.8 Å². The number of anilines is 2. The van der Waals surface area contributed by atoms with E-state index in [2.05, 4.69) is 20.5 Å².